The summed E-state index contributed by atoms with van der Waals surface area (Å²) in [5, 5.41) is 19.0. The van der Waals surface area contributed by atoms with Crippen molar-refractivity contribution in [2.75, 3.05) is 32.8 Å². The zero-order chi connectivity index (χ0) is 17.0. The summed E-state index contributed by atoms with van der Waals surface area (Å²) in [6, 6.07) is 1.93. The zero-order valence-electron chi connectivity index (χ0n) is 13.9. The van der Waals surface area contributed by atoms with Gasteiger partial charge in [-0.05, 0) is 30.5 Å². The molecule has 1 saturated heterocycles. The number of hydrogen-bond donors (Lipinski definition) is 1. The van der Waals surface area contributed by atoms with Gasteiger partial charge in [-0.25, -0.2) is 0 Å². The van der Waals surface area contributed by atoms with Crippen molar-refractivity contribution < 1.29 is 9.53 Å². The van der Waals surface area contributed by atoms with Crippen LogP contribution in [0.4, 0.5) is 0 Å². The quantitative estimate of drug-likeness (QED) is 0.822. The van der Waals surface area contributed by atoms with E-state index in [-0.39, 0.29) is 18.0 Å². The molecule has 0 aromatic carbocycles. The Morgan fingerprint density at radius 2 is 2.21 bits per heavy atom. The highest BCUT2D eigenvalue weighted by atomic mass is 32.1. The molecular weight excluding hydrogens is 328 g/mol. The summed E-state index contributed by atoms with van der Waals surface area (Å²) in [6.07, 6.45) is 0. The predicted octanol–water partition coefficient (Wildman–Crippen LogP) is 0.629. The van der Waals surface area contributed by atoms with Gasteiger partial charge in [0.1, 0.15) is 6.54 Å². The highest BCUT2D eigenvalue weighted by molar-refractivity contribution is 7.08. The lowest BCUT2D eigenvalue weighted by molar-refractivity contribution is -0.122. The SMILES string of the molecule is CC(C)(CNC(=O)Cn1nnc(-c2ccsc2)n1)N1CCOCC1. The number of carbonyl (C=O) groups is 1. The second-order valence-electron chi connectivity index (χ2n) is 6.34. The number of amides is 1. The lowest BCUT2D eigenvalue weighted by atomic mass is 10.0. The number of ether oxygens (including phenoxy) is 1. The van der Waals surface area contributed by atoms with Crippen molar-refractivity contribution in [1.29, 1.82) is 0 Å². The van der Waals surface area contributed by atoms with Crippen molar-refractivity contribution in [3.63, 3.8) is 0 Å². The average molecular weight is 350 g/mol. The molecule has 3 rings (SSSR count). The molecule has 1 N–H and O–H groups in total. The van der Waals surface area contributed by atoms with Crippen LogP contribution in [0.2, 0.25) is 0 Å². The predicted molar refractivity (Wildman–Crippen MR) is 90.6 cm³/mol. The van der Waals surface area contributed by atoms with Crippen LogP contribution >= 0.6 is 11.3 Å². The number of tetrazole rings is 1. The van der Waals surface area contributed by atoms with Crippen LogP contribution in [0.1, 0.15) is 13.8 Å². The maximum atomic E-state index is 12.2. The van der Waals surface area contributed by atoms with Gasteiger partial charge < -0.3 is 10.1 Å². The van der Waals surface area contributed by atoms with Crippen LogP contribution in [0.15, 0.2) is 16.8 Å². The van der Waals surface area contributed by atoms with Crippen molar-refractivity contribution in [2.24, 2.45) is 0 Å². The van der Waals surface area contributed by atoms with Crippen LogP contribution < -0.4 is 5.32 Å². The number of aromatic nitrogens is 4. The highest BCUT2D eigenvalue weighted by Gasteiger charge is 2.28. The molecule has 2 aromatic rings. The van der Waals surface area contributed by atoms with Crippen LogP contribution in [0.25, 0.3) is 11.4 Å². The molecular formula is C15H22N6O2S. The first kappa shape index (κ1) is 17.0. The van der Waals surface area contributed by atoms with Crippen LogP contribution in [0.3, 0.4) is 0 Å². The van der Waals surface area contributed by atoms with E-state index in [1.807, 2.05) is 16.8 Å². The van der Waals surface area contributed by atoms with E-state index < -0.39 is 0 Å². The minimum absolute atomic E-state index is 0.0658. The molecule has 0 spiro atoms. The maximum absolute atomic E-state index is 12.2. The Labute approximate surface area is 144 Å². The van der Waals surface area contributed by atoms with Gasteiger partial charge in [0.05, 0.1) is 13.2 Å². The number of rotatable bonds is 6. The molecule has 0 unspecified atom stereocenters. The molecule has 2 aromatic heterocycles. The maximum Gasteiger partial charge on any atom is 0.243 e. The van der Waals surface area contributed by atoms with Crippen LogP contribution in [-0.2, 0) is 16.1 Å². The Morgan fingerprint density at radius 3 is 2.92 bits per heavy atom. The monoisotopic (exact) mass is 350 g/mol. The number of morpholine rings is 1. The zero-order valence-corrected chi connectivity index (χ0v) is 14.8. The molecule has 0 bridgehead atoms. The lowest BCUT2D eigenvalue weighted by Gasteiger charge is -2.40. The first-order valence-corrected chi connectivity index (χ1v) is 8.89. The van der Waals surface area contributed by atoms with Crippen LogP contribution in [-0.4, -0.2) is 69.4 Å². The summed E-state index contributed by atoms with van der Waals surface area (Å²) < 4.78 is 5.38. The van der Waals surface area contributed by atoms with Gasteiger partial charge in [0.25, 0.3) is 0 Å². The summed E-state index contributed by atoms with van der Waals surface area (Å²) >= 11 is 1.57. The molecule has 0 radical (unpaired) electrons. The third-order valence-electron chi connectivity index (χ3n) is 4.10. The fourth-order valence-electron chi connectivity index (χ4n) is 2.60. The first-order valence-electron chi connectivity index (χ1n) is 7.94. The summed E-state index contributed by atoms with van der Waals surface area (Å²) in [6.45, 7) is 8.14. The van der Waals surface area contributed by atoms with Gasteiger partial charge in [0.15, 0.2) is 0 Å². The molecule has 0 atom stereocenters. The van der Waals surface area contributed by atoms with E-state index in [0.29, 0.717) is 12.4 Å². The summed E-state index contributed by atoms with van der Waals surface area (Å²) in [5.41, 5.74) is 0.803. The fraction of sp³-hybridized carbons (Fsp3) is 0.600. The Morgan fingerprint density at radius 1 is 1.42 bits per heavy atom. The van der Waals surface area contributed by atoms with Gasteiger partial charge in [0, 0.05) is 36.1 Å². The largest absolute Gasteiger partial charge is 0.379 e. The van der Waals surface area contributed by atoms with Crippen molar-refractivity contribution in [3.8, 4) is 11.4 Å². The Hall–Kier alpha value is -1.84. The average Bonchev–Trinajstić information content (AvgIpc) is 3.25. The van der Waals surface area contributed by atoms with Crippen LogP contribution in [0.5, 0.6) is 0 Å². The summed E-state index contributed by atoms with van der Waals surface area (Å²) in [4.78, 5) is 15.8. The van der Waals surface area contributed by atoms with Gasteiger partial charge in [-0.1, -0.05) is 0 Å². The van der Waals surface area contributed by atoms with Crippen LogP contribution in [0, 0.1) is 0 Å². The Bertz CT molecular complexity index is 663. The van der Waals surface area contributed by atoms with E-state index in [1.165, 1.54) is 4.80 Å². The van der Waals surface area contributed by atoms with Gasteiger partial charge in [-0.15, -0.1) is 10.2 Å². The van der Waals surface area contributed by atoms with Gasteiger partial charge in [0.2, 0.25) is 11.7 Å². The third kappa shape index (κ3) is 4.16. The molecule has 0 aliphatic carbocycles. The molecule has 1 aliphatic rings. The first-order chi connectivity index (χ1) is 11.5. The highest BCUT2D eigenvalue weighted by Crippen LogP contribution is 2.17. The summed E-state index contributed by atoms with van der Waals surface area (Å²) in [7, 11) is 0. The number of hydrogen-bond acceptors (Lipinski definition) is 7. The minimum atomic E-state index is -0.120. The topological polar surface area (TPSA) is 85.2 Å². The Balaban J connectivity index is 1.50. The summed E-state index contributed by atoms with van der Waals surface area (Å²) in [5.74, 6) is 0.420. The van der Waals surface area contributed by atoms with Crippen molar-refractivity contribution in [2.45, 2.75) is 25.9 Å². The van der Waals surface area contributed by atoms with E-state index in [9.17, 15) is 4.79 Å². The van der Waals surface area contributed by atoms with E-state index in [1.54, 1.807) is 11.3 Å². The molecule has 9 heteroatoms. The molecule has 1 fully saturated rings. The normalized spacial score (nSPS) is 16.2. The van der Waals surface area contributed by atoms with Crippen molar-refractivity contribution in [3.05, 3.63) is 16.8 Å². The fourth-order valence-corrected chi connectivity index (χ4v) is 3.23. The van der Waals surface area contributed by atoms with Crippen molar-refractivity contribution >= 4 is 17.2 Å². The van der Waals surface area contributed by atoms with E-state index in [0.717, 1.165) is 31.9 Å². The van der Waals surface area contributed by atoms with E-state index >= 15 is 0 Å². The van der Waals surface area contributed by atoms with Gasteiger partial charge >= 0.3 is 0 Å². The Kier molecular flexibility index (Phi) is 5.22. The molecule has 0 saturated carbocycles. The molecule has 1 aliphatic heterocycles. The lowest BCUT2D eigenvalue weighted by Crippen LogP contribution is -2.55. The molecule has 1 amide bonds. The molecule has 130 valence electrons. The molecule has 24 heavy (non-hydrogen) atoms. The van der Waals surface area contributed by atoms with E-state index in [4.69, 9.17) is 4.74 Å². The smallest absolute Gasteiger partial charge is 0.243 e. The van der Waals surface area contributed by atoms with Crippen molar-refractivity contribution in [1.82, 2.24) is 30.4 Å². The number of thiophene rings is 1. The third-order valence-corrected chi connectivity index (χ3v) is 4.79. The van der Waals surface area contributed by atoms with Gasteiger partial charge in [-0.3, -0.25) is 9.69 Å². The second kappa shape index (κ2) is 7.37. The molecule has 3 heterocycles. The second-order valence-corrected chi connectivity index (χ2v) is 7.12. The number of carbonyl (C=O) groups excluding carboxylic acids is 1. The minimum Gasteiger partial charge on any atom is -0.379 e. The molecule has 8 nitrogen and oxygen atoms in total. The van der Waals surface area contributed by atoms with E-state index in [2.05, 4.69) is 39.5 Å². The van der Waals surface area contributed by atoms with Gasteiger partial charge in [-0.2, -0.15) is 16.1 Å². The number of nitrogens with one attached hydrogen (secondary N) is 1. The number of nitrogens with zero attached hydrogens (tertiary/aromatic N) is 5. The standard InChI is InChI=1S/C15H22N6O2S/c1-15(2,20-4-6-23-7-5-20)11-16-13(22)9-21-18-14(17-19-21)12-3-8-24-10-12/h3,8,10H,4-7,9,11H2,1-2H3,(H,16,22).